The van der Waals surface area contributed by atoms with E-state index in [0.717, 1.165) is 12.8 Å². The molecule has 1 aromatic carbocycles. The largest absolute Gasteiger partial charge is 0.491 e. The molecule has 2 unspecified atom stereocenters. The molecule has 1 amide bonds. The number of hydrogen-bond donors (Lipinski definition) is 2. The molecule has 0 aliphatic rings. The molecule has 19 heavy (non-hydrogen) atoms. The van der Waals surface area contributed by atoms with Gasteiger partial charge in [-0.15, -0.1) is 0 Å². The third-order valence-corrected chi connectivity index (χ3v) is 3.17. The van der Waals surface area contributed by atoms with Crippen molar-refractivity contribution in [1.82, 2.24) is 0 Å². The van der Waals surface area contributed by atoms with Gasteiger partial charge in [-0.3, -0.25) is 4.79 Å². The molecule has 0 saturated carbocycles. The lowest BCUT2D eigenvalue weighted by Gasteiger charge is -2.19. The molecule has 0 bridgehead atoms. The highest BCUT2D eigenvalue weighted by Crippen LogP contribution is 2.24. The van der Waals surface area contributed by atoms with Gasteiger partial charge in [0.1, 0.15) is 5.75 Å². The number of carbonyl (C=O) groups is 1. The number of hydrogen-bond acceptors (Lipinski definition) is 3. The summed E-state index contributed by atoms with van der Waals surface area (Å²) >= 11 is 0. The molecular weight excluding hydrogens is 240 g/mol. The molecule has 0 spiro atoms. The Morgan fingerprint density at radius 2 is 2.05 bits per heavy atom. The first kappa shape index (κ1) is 15.5. The van der Waals surface area contributed by atoms with Crippen LogP contribution in [-0.2, 0) is 4.79 Å². The van der Waals surface area contributed by atoms with Crippen LogP contribution in [0, 0.1) is 5.92 Å². The molecule has 0 fully saturated rings. The van der Waals surface area contributed by atoms with Gasteiger partial charge in [0.05, 0.1) is 18.3 Å². The van der Waals surface area contributed by atoms with E-state index in [1.54, 1.807) is 0 Å². The molecule has 1 rings (SSSR count). The van der Waals surface area contributed by atoms with Crippen LogP contribution < -0.4 is 15.8 Å². The van der Waals surface area contributed by atoms with Gasteiger partial charge in [0.25, 0.3) is 0 Å². The Hall–Kier alpha value is -1.55. The summed E-state index contributed by atoms with van der Waals surface area (Å²) in [6.07, 6.45) is 1.80. The Morgan fingerprint density at radius 3 is 2.68 bits per heavy atom. The van der Waals surface area contributed by atoms with Gasteiger partial charge >= 0.3 is 0 Å². The van der Waals surface area contributed by atoms with Crippen LogP contribution >= 0.6 is 0 Å². The number of para-hydroxylation sites is 2. The lowest BCUT2D eigenvalue weighted by Crippen LogP contribution is -2.40. The quantitative estimate of drug-likeness (QED) is 0.796. The summed E-state index contributed by atoms with van der Waals surface area (Å²) < 4.78 is 5.60. The normalized spacial score (nSPS) is 13.7. The molecule has 106 valence electrons. The van der Waals surface area contributed by atoms with Crippen molar-refractivity contribution in [3.8, 4) is 5.75 Å². The van der Waals surface area contributed by atoms with Crippen molar-refractivity contribution in [1.29, 1.82) is 0 Å². The molecule has 0 aromatic heterocycles. The smallest absolute Gasteiger partial charge is 0.241 e. The van der Waals surface area contributed by atoms with Crippen LogP contribution in [0.1, 0.15) is 33.6 Å². The average Bonchev–Trinajstić information content (AvgIpc) is 2.44. The maximum Gasteiger partial charge on any atom is 0.241 e. The maximum atomic E-state index is 12.0. The predicted molar refractivity (Wildman–Crippen MR) is 78.3 cm³/mol. The van der Waals surface area contributed by atoms with Gasteiger partial charge in [0.15, 0.2) is 0 Å². The van der Waals surface area contributed by atoms with Crippen LogP contribution in [0.4, 0.5) is 5.69 Å². The molecule has 4 heteroatoms. The fraction of sp³-hybridized carbons (Fsp3) is 0.533. The lowest BCUT2D eigenvalue weighted by atomic mass is 9.99. The van der Waals surface area contributed by atoms with E-state index >= 15 is 0 Å². The average molecular weight is 264 g/mol. The van der Waals surface area contributed by atoms with Crippen molar-refractivity contribution in [3.63, 3.8) is 0 Å². The van der Waals surface area contributed by atoms with E-state index in [2.05, 4.69) is 5.32 Å². The summed E-state index contributed by atoms with van der Waals surface area (Å²) in [7, 11) is 0. The summed E-state index contributed by atoms with van der Waals surface area (Å²) in [6.45, 7) is 6.67. The van der Waals surface area contributed by atoms with Crippen LogP contribution in [0.2, 0.25) is 0 Å². The monoisotopic (exact) mass is 264 g/mol. The van der Waals surface area contributed by atoms with E-state index < -0.39 is 6.04 Å². The summed E-state index contributed by atoms with van der Waals surface area (Å²) in [6, 6.07) is 6.93. The van der Waals surface area contributed by atoms with Crippen LogP contribution in [0.25, 0.3) is 0 Å². The van der Waals surface area contributed by atoms with E-state index in [1.807, 2.05) is 45.0 Å². The number of benzene rings is 1. The molecule has 3 N–H and O–H groups in total. The molecule has 0 aliphatic heterocycles. The minimum atomic E-state index is -0.496. The third-order valence-electron chi connectivity index (χ3n) is 3.17. The molecule has 2 atom stereocenters. The van der Waals surface area contributed by atoms with E-state index in [-0.39, 0.29) is 11.8 Å². The van der Waals surface area contributed by atoms with E-state index in [1.165, 1.54) is 0 Å². The fourth-order valence-corrected chi connectivity index (χ4v) is 1.64. The SMILES string of the molecule is CCCOc1ccccc1NC(=O)C(N)C(C)CC. The van der Waals surface area contributed by atoms with Crippen molar-refractivity contribution in [2.75, 3.05) is 11.9 Å². The van der Waals surface area contributed by atoms with Crippen molar-refractivity contribution >= 4 is 11.6 Å². The van der Waals surface area contributed by atoms with Crippen LogP contribution in [0.15, 0.2) is 24.3 Å². The Morgan fingerprint density at radius 1 is 1.37 bits per heavy atom. The van der Waals surface area contributed by atoms with Crippen molar-refractivity contribution in [2.24, 2.45) is 11.7 Å². The minimum absolute atomic E-state index is 0.156. The molecular formula is C15H24N2O2. The van der Waals surface area contributed by atoms with Crippen molar-refractivity contribution < 1.29 is 9.53 Å². The van der Waals surface area contributed by atoms with Crippen LogP contribution in [0.3, 0.4) is 0 Å². The highest BCUT2D eigenvalue weighted by molar-refractivity contribution is 5.96. The first-order valence-electron chi connectivity index (χ1n) is 6.88. The highest BCUT2D eigenvalue weighted by atomic mass is 16.5. The summed E-state index contributed by atoms with van der Waals surface area (Å²) in [4.78, 5) is 12.0. The number of anilines is 1. The highest BCUT2D eigenvalue weighted by Gasteiger charge is 2.20. The molecule has 0 saturated heterocycles. The number of rotatable bonds is 7. The van der Waals surface area contributed by atoms with E-state index in [9.17, 15) is 4.79 Å². The predicted octanol–water partition coefficient (Wildman–Crippen LogP) is 2.79. The number of carbonyl (C=O) groups excluding carboxylic acids is 1. The topological polar surface area (TPSA) is 64.3 Å². The first-order valence-corrected chi connectivity index (χ1v) is 6.88. The van der Waals surface area contributed by atoms with Gasteiger partial charge in [-0.2, -0.15) is 0 Å². The van der Waals surface area contributed by atoms with Gasteiger partial charge in [0, 0.05) is 0 Å². The number of ether oxygens (including phenoxy) is 1. The molecule has 4 nitrogen and oxygen atoms in total. The second kappa shape index (κ2) is 7.79. The molecule has 1 aromatic rings. The zero-order valence-electron chi connectivity index (χ0n) is 12.0. The Labute approximate surface area is 115 Å². The number of nitrogens with two attached hydrogens (primary N) is 1. The second-order valence-corrected chi connectivity index (χ2v) is 4.75. The molecule has 0 aliphatic carbocycles. The van der Waals surface area contributed by atoms with Crippen LogP contribution in [0.5, 0.6) is 5.75 Å². The minimum Gasteiger partial charge on any atom is -0.491 e. The number of nitrogens with one attached hydrogen (secondary N) is 1. The van der Waals surface area contributed by atoms with Gasteiger partial charge in [0.2, 0.25) is 5.91 Å². The van der Waals surface area contributed by atoms with E-state index in [4.69, 9.17) is 10.5 Å². The molecule has 0 radical (unpaired) electrons. The Bertz CT molecular complexity index is 407. The van der Waals surface area contributed by atoms with Gasteiger partial charge in [-0.25, -0.2) is 0 Å². The van der Waals surface area contributed by atoms with Crippen molar-refractivity contribution in [3.05, 3.63) is 24.3 Å². The summed E-state index contributed by atoms with van der Waals surface area (Å²) in [5.74, 6) is 0.680. The van der Waals surface area contributed by atoms with Crippen LogP contribution in [-0.4, -0.2) is 18.6 Å². The molecule has 0 heterocycles. The summed E-state index contributed by atoms with van der Waals surface area (Å²) in [5, 5.41) is 2.85. The van der Waals surface area contributed by atoms with Gasteiger partial charge in [-0.05, 0) is 24.5 Å². The zero-order valence-corrected chi connectivity index (χ0v) is 12.0. The van der Waals surface area contributed by atoms with Gasteiger partial charge < -0.3 is 15.8 Å². The Balaban J connectivity index is 2.73. The Kier molecular flexibility index (Phi) is 6.36. The zero-order chi connectivity index (χ0) is 14.3. The number of amides is 1. The first-order chi connectivity index (χ1) is 9.10. The third kappa shape index (κ3) is 4.56. The van der Waals surface area contributed by atoms with Gasteiger partial charge in [-0.1, -0.05) is 39.3 Å². The fourth-order valence-electron chi connectivity index (χ4n) is 1.64. The van der Waals surface area contributed by atoms with Crippen molar-refractivity contribution in [2.45, 2.75) is 39.7 Å². The standard InChI is InChI=1S/C15H24N2O2/c1-4-10-19-13-9-7-6-8-12(13)17-15(18)14(16)11(3)5-2/h6-9,11,14H,4-5,10,16H2,1-3H3,(H,17,18). The summed E-state index contributed by atoms with van der Waals surface area (Å²) in [5.41, 5.74) is 6.60. The van der Waals surface area contributed by atoms with E-state index in [0.29, 0.717) is 18.0 Å². The lowest BCUT2D eigenvalue weighted by molar-refractivity contribution is -0.118. The maximum absolute atomic E-state index is 12.0. The second-order valence-electron chi connectivity index (χ2n) is 4.75.